The molecular formula is C7H14NO+. The van der Waals surface area contributed by atoms with Crippen molar-refractivity contribution in [1.82, 2.24) is 0 Å². The SMILES string of the molecule is C[N+]1(CO)CC=CCC1. The van der Waals surface area contributed by atoms with Gasteiger partial charge in [0.1, 0.15) is 0 Å². The van der Waals surface area contributed by atoms with Crippen molar-refractivity contribution in [3.8, 4) is 0 Å². The van der Waals surface area contributed by atoms with Gasteiger partial charge in [-0.2, -0.15) is 0 Å². The van der Waals surface area contributed by atoms with E-state index in [1.54, 1.807) is 0 Å². The lowest BCUT2D eigenvalue weighted by Gasteiger charge is -2.32. The monoisotopic (exact) mass is 128 g/mol. The molecule has 1 unspecified atom stereocenters. The molecule has 0 radical (unpaired) electrons. The van der Waals surface area contributed by atoms with E-state index in [4.69, 9.17) is 5.11 Å². The Morgan fingerprint density at radius 2 is 2.33 bits per heavy atom. The van der Waals surface area contributed by atoms with Crippen molar-refractivity contribution in [2.24, 2.45) is 0 Å². The molecule has 2 heteroatoms. The van der Waals surface area contributed by atoms with E-state index in [-0.39, 0.29) is 6.73 Å². The molecule has 9 heavy (non-hydrogen) atoms. The number of likely N-dealkylation sites (N-methyl/N-ethyl adjacent to an activating group) is 1. The van der Waals surface area contributed by atoms with Gasteiger partial charge in [-0.3, -0.25) is 0 Å². The molecule has 1 N–H and O–H groups in total. The highest BCUT2D eigenvalue weighted by molar-refractivity contribution is 4.84. The zero-order chi connectivity index (χ0) is 6.74. The first-order chi connectivity index (χ1) is 4.27. The van der Waals surface area contributed by atoms with Crippen LogP contribution in [-0.2, 0) is 0 Å². The molecule has 1 aliphatic rings. The number of quaternary nitrogens is 1. The largest absolute Gasteiger partial charge is 0.347 e. The predicted octanol–water partition coefficient (Wildman–Crippen LogP) is 0.343. The van der Waals surface area contributed by atoms with Crippen molar-refractivity contribution in [1.29, 1.82) is 0 Å². The number of aliphatic hydroxyl groups excluding tert-OH is 1. The summed E-state index contributed by atoms with van der Waals surface area (Å²) >= 11 is 0. The van der Waals surface area contributed by atoms with Crippen LogP contribution in [0.3, 0.4) is 0 Å². The summed E-state index contributed by atoms with van der Waals surface area (Å²) < 4.78 is 0.788. The maximum Gasteiger partial charge on any atom is 0.180 e. The van der Waals surface area contributed by atoms with Gasteiger partial charge < -0.3 is 9.59 Å². The van der Waals surface area contributed by atoms with Crippen LogP contribution in [0.5, 0.6) is 0 Å². The van der Waals surface area contributed by atoms with Gasteiger partial charge in [0.15, 0.2) is 6.73 Å². The minimum absolute atomic E-state index is 0.268. The number of hydrogen-bond acceptors (Lipinski definition) is 1. The zero-order valence-electron chi connectivity index (χ0n) is 5.88. The van der Waals surface area contributed by atoms with E-state index < -0.39 is 0 Å². The third-order valence-corrected chi connectivity index (χ3v) is 1.89. The molecule has 1 rings (SSSR count). The highest BCUT2D eigenvalue weighted by atomic mass is 16.3. The fraction of sp³-hybridized carbons (Fsp3) is 0.714. The van der Waals surface area contributed by atoms with Crippen LogP contribution in [0.2, 0.25) is 0 Å². The highest BCUT2D eigenvalue weighted by Crippen LogP contribution is 2.07. The lowest BCUT2D eigenvalue weighted by molar-refractivity contribution is -0.923. The fourth-order valence-corrected chi connectivity index (χ4v) is 1.05. The van der Waals surface area contributed by atoms with Crippen LogP contribution in [-0.4, -0.2) is 36.5 Å². The van der Waals surface area contributed by atoms with E-state index in [2.05, 4.69) is 19.2 Å². The topological polar surface area (TPSA) is 20.2 Å². The highest BCUT2D eigenvalue weighted by Gasteiger charge is 2.19. The molecular weight excluding hydrogens is 114 g/mol. The van der Waals surface area contributed by atoms with Crippen LogP contribution in [0.1, 0.15) is 6.42 Å². The Morgan fingerprint density at radius 1 is 1.56 bits per heavy atom. The lowest BCUT2D eigenvalue weighted by Crippen LogP contribution is -2.46. The number of aliphatic hydroxyl groups is 1. The molecule has 0 saturated heterocycles. The van der Waals surface area contributed by atoms with E-state index in [0.29, 0.717) is 0 Å². The van der Waals surface area contributed by atoms with Gasteiger partial charge in [0.05, 0.1) is 20.1 Å². The molecule has 0 aromatic carbocycles. The van der Waals surface area contributed by atoms with Crippen LogP contribution in [0.25, 0.3) is 0 Å². The molecule has 0 aromatic heterocycles. The Bertz CT molecular complexity index is 122. The van der Waals surface area contributed by atoms with Crippen molar-refractivity contribution in [2.75, 3.05) is 26.9 Å². The third-order valence-electron chi connectivity index (χ3n) is 1.89. The van der Waals surface area contributed by atoms with Crippen molar-refractivity contribution >= 4 is 0 Å². The molecule has 1 aliphatic heterocycles. The second-order valence-electron chi connectivity index (χ2n) is 2.93. The molecule has 0 fully saturated rings. The average molecular weight is 128 g/mol. The zero-order valence-corrected chi connectivity index (χ0v) is 5.88. The molecule has 2 nitrogen and oxygen atoms in total. The summed E-state index contributed by atoms with van der Waals surface area (Å²) in [6.45, 7) is 2.33. The minimum atomic E-state index is 0.268. The summed E-state index contributed by atoms with van der Waals surface area (Å²) in [5.74, 6) is 0. The summed E-state index contributed by atoms with van der Waals surface area (Å²) in [6.07, 6.45) is 5.42. The van der Waals surface area contributed by atoms with Gasteiger partial charge in [0, 0.05) is 6.42 Å². The third kappa shape index (κ3) is 1.53. The summed E-state index contributed by atoms with van der Waals surface area (Å²) in [5, 5.41) is 8.89. The van der Waals surface area contributed by atoms with E-state index in [1.165, 1.54) is 0 Å². The Balaban J connectivity index is 2.50. The van der Waals surface area contributed by atoms with E-state index in [9.17, 15) is 0 Å². The fourth-order valence-electron chi connectivity index (χ4n) is 1.05. The van der Waals surface area contributed by atoms with Gasteiger partial charge in [0.2, 0.25) is 0 Å². The first kappa shape index (κ1) is 6.78. The van der Waals surface area contributed by atoms with Gasteiger partial charge in [-0.05, 0) is 6.08 Å². The van der Waals surface area contributed by atoms with Crippen LogP contribution in [0, 0.1) is 0 Å². The molecule has 52 valence electrons. The second kappa shape index (κ2) is 2.50. The van der Waals surface area contributed by atoms with Crippen LogP contribution < -0.4 is 0 Å². The summed E-state index contributed by atoms with van der Waals surface area (Å²) in [7, 11) is 2.07. The predicted molar refractivity (Wildman–Crippen MR) is 36.8 cm³/mol. The number of hydrogen-bond donors (Lipinski definition) is 1. The Kier molecular flexibility index (Phi) is 1.88. The average Bonchev–Trinajstić information content (AvgIpc) is 1.90. The minimum Gasteiger partial charge on any atom is -0.347 e. The van der Waals surface area contributed by atoms with Crippen molar-refractivity contribution < 1.29 is 9.59 Å². The van der Waals surface area contributed by atoms with Crippen molar-refractivity contribution in [3.05, 3.63) is 12.2 Å². The molecule has 0 saturated carbocycles. The molecule has 0 aliphatic carbocycles. The quantitative estimate of drug-likeness (QED) is 0.399. The summed E-state index contributed by atoms with van der Waals surface area (Å²) in [6, 6.07) is 0. The molecule has 0 amide bonds. The second-order valence-corrected chi connectivity index (χ2v) is 2.93. The van der Waals surface area contributed by atoms with Crippen molar-refractivity contribution in [3.63, 3.8) is 0 Å². The van der Waals surface area contributed by atoms with E-state index >= 15 is 0 Å². The Morgan fingerprint density at radius 3 is 2.67 bits per heavy atom. The summed E-state index contributed by atoms with van der Waals surface area (Å²) in [5.41, 5.74) is 0. The summed E-state index contributed by atoms with van der Waals surface area (Å²) in [4.78, 5) is 0. The van der Waals surface area contributed by atoms with Gasteiger partial charge >= 0.3 is 0 Å². The molecule has 1 atom stereocenters. The molecule has 0 bridgehead atoms. The van der Waals surface area contributed by atoms with E-state index in [0.717, 1.165) is 24.0 Å². The Labute approximate surface area is 56.0 Å². The first-order valence-electron chi connectivity index (χ1n) is 3.36. The van der Waals surface area contributed by atoms with Crippen LogP contribution >= 0.6 is 0 Å². The molecule has 0 aromatic rings. The number of nitrogens with zero attached hydrogens (tertiary/aromatic N) is 1. The van der Waals surface area contributed by atoms with Gasteiger partial charge in [-0.25, -0.2) is 0 Å². The van der Waals surface area contributed by atoms with Gasteiger partial charge in [-0.1, -0.05) is 6.08 Å². The van der Waals surface area contributed by atoms with Crippen molar-refractivity contribution in [2.45, 2.75) is 6.42 Å². The number of rotatable bonds is 1. The van der Waals surface area contributed by atoms with Gasteiger partial charge in [0.25, 0.3) is 0 Å². The maximum absolute atomic E-state index is 8.89. The molecule has 0 spiro atoms. The standard InChI is InChI=1S/C7H14NO/c1-8(7-9)5-3-2-4-6-8/h2-3,9H,4-7H2,1H3/q+1. The van der Waals surface area contributed by atoms with Crippen LogP contribution in [0.4, 0.5) is 0 Å². The lowest BCUT2D eigenvalue weighted by atomic mass is 10.2. The maximum atomic E-state index is 8.89. The first-order valence-corrected chi connectivity index (χ1v) is 3.36. The smallest absolute Gasteiger partial charge is 0.180 e. The normalized spacial score (nSPS) is 34.9. The Hall–Kier alpha value is -0.340. The van der Waals surface area contributed by atoms with Gasteiger partial charge in [-0.15, -0.1) is 0 Å². The molecule has 1 heterocycles. The van der Waals surface area contributed by atoms with Crippen LogP contribution in [0.15, 0.2) is 12.2 Å². The van der Waals surface area contributed by atoms with E-state index in [1.807, 2.05) is 0 Å².